The van der Waals surface area contributed by atoms with Crippen LogP contribution in [0.2, 0.25) is 0 Å². The normalized spacial score (nSPS) is 13.6. The molecule has 1 rings (SSSR count). The summed E-state index contributed by atoms with van der Waals surface area (Å²) in [6, 6.07) is 0.375. The molecule has 0 N–H and O–H groups in total. The van der Waals surface area contributed by atoms with E-state index in [1.54, 1.807) is 6.33 Å². The van der Waals surface area contributed by atoms with Gasteiger partial charge in [0.2, 0.25) is 0 Å². The smallest absolute Gasteiger partial charge is 0.138 e. The van der Waals surface area contributed by atoms with Crippen molar-refractivity contribution in [1.29, 1.82) is 0 Å². The van der Waals surface area contributed by atoms with Crippen molar-refractivity contribution in [3.8, 4) is 0 Å². The van der Waals surface area contributed by atoms with E-state index in [9.17, 15) is 0 Å². The van der Waals surface area contributed by atoms with E-state index in [0.29, 0.717) is 17.8 Å². The summed E-state index contributed by atoms with van der Waals surface area (Å²) >= 11 is 5.74. The third kappa shape index (κ3) is 2.69. The molecule has 0 saturated carbocycles. The highest BCUT2D eigenvalue weighted by molar-refractivity contribution is 6.18. The van der Waals surface area contributed by atoms with E-state index < -0.39 is 0 Å². The first-order valence-corrected chi connectivity index (χ1v) is 5.13. The third-order valence-corrected chi connectivity index (χ3v) is 2.46. The van der Waals surface area contributed by atoms with Gasteiger partial charge in [-0.05, 0) is 19.8 Å². The van der Waals surface area contributed by atoms with E-state index in [1.165, 1.54) is 0 Å². The number of alkyl halides is 1. The lowest BCUT2D eigenvalue weighted by atomic mass is 10.1. The third-order valence-electron chi connectivity index (χ3n) is 1.93. The van der Waals surface area contributed by atoms with Gasteiger partial charge in [0.25, 0.3) is 0 Å². The minimum absolute atomic E-state index is 0.375. The Morgan fingerprint density at radius 3 is 2.69 bits per heavy atom. The molecule has 1 heterocycles. The minimum atomic E-state index is 0.375. The molecule has 0 aliphatic carbocycles. The van der Waals surface area contributed by atoms with Gasteiger partial charge in [-0.25, -0.2) is 9.67 Å². The lowest BCUT2D eigenvalue weighted by Crippen LogP contribution is -2.12. The van der Waals surface area contributed by atoms with Gasteiger partial charge in [0.1, 0.15) is 12.2 Å². The summed E-state index contributed by atoms with van der Waals surface area (Å²) in [5, 5.41) is 4.17. The monoisotopic (exact) mass is 201 g/mol. The molecule has 0 spiro atoms. The van der Waals surface area contributed by atoms with Crippen LogP contribution in [-0.4, -0.2) is 20.6 Å². The molecule has 1 atom stereocenters. The topological polar surface area (TPSA) is 30.7 Å². The van der Waals surface area contributed by atoms with E-state index in [2.05, 4.69) is 30.9 Å². The summed E-state index contributed by atoms with van der Waals surface area (Å²) < 4.78 is 1.95. The second-order valence-electron chi connectivity index (χ2n) is 3.68. The van der Waals surface area contributed by atoms with Gasteiger partial charge in [-0.2, -0.15) is 5.10 Å². The van der Waals surface area contributed by atoms with E-state index in [4.69, 9.17) is 11.6 Å². The van der Waals surface area contributed by atoms with Gasteiger partial charge in [0, 0.05) is 18.3 Å². The molecular formula is C9H16ClN3. The first-order valence-electron chi connectivity index (χ1n) is 4.59. The molecule has 1 unspecified atom stereocenters. The summed E-state index contributed by atoms with van der Waals surface area (Å²) in [4.78, 5) is 4.22. The van der Waals surface area contributed by atoms with Crippen molar-refractivity contribution in [3.05, 3.63) is 12.2 Å². The Morgan fingerprint density at radius 2 is 2.15 bits per heavy atom. The molecule has 1 aromatic heterocycles. The van der Waals surface area contributed by atoms with Crippen LogP contribution in [0.5, 0.6) is 0 Å². The van der Waals surface area contributed by atoms with E-state index >= 15 is 0 Å². The zero-order valence-electron chi connectivity index (χ0n) is 8.37. The summed E-state index contributed by atoms with van der Waals surface area (Å²) in [7, 11) is 0. The maximum Gasteiger partial charge on any atom is 0.138 e. The Hall–Kier alpha value is -0.570. The maximum atomic E-state index is 5.74. The SMILES string of the molecule is CC(CCl)Cc1ncnn1C(C)C. The number of aromatic nitrogens is 3. The number of hydrogen-bond acceptors (Lipinski definition) is 2. The molecule has 74 valence electrons. The van der Waals surface area contributed by atoms with Gasteiger partial charge in [-0.1, -0.05) is 6.92 Å². The van der Waals surface area contributed by atoms with Gasteiger partial charge in [0.15, 0.2) is 0 Å². The van der Waals surface area contributed by atoms with Crippen LogP contribution in [0.25, 0.3) is 0 Å². The second kappa shape index (κ2) is 4.61. The van der Waals surface area contributed by atoms with Gasteiger partial charge in [0.05, 0.1) is 0 Å². The zero-order chi connectivity index (χ0) is 9.84. The van der Waals surface area contributed by atoms with Crippen LogP contribution < -0.4 is 0 Å². The average molecular weight is 202 g/mol. The Bertz CT molecular complexity index is 257. The quantitative estimate of drug-likeness (QED) is 0.700. The molecule has 0 fully saturated rings. The van der Waals surface area contributed by atoms with Crippen LogP contribution in [0.1, 0.15) is 32.6 Å². The minimum Gasteiger partial charge on any atom is -0.248 e. The van der Waals surface area contributed by atoms with E-state index in [-0.39, 0.29) is 0 Å². The van der Waals surface area contributed by atoms with Crippen molar-refractivity contribution >= 4 is 11.6 Å². The van der Waals surface area contributed by atoms with Crippen LogP contribution in [0, 0.1) is 5.92 Å². The summed E-state index contributed by atoms with van der Waals surface area (Å²) in [6.45, 7) is 6.32. The molecule has 0 saturated heterocycles. The zero-order valence-corrected chi connectivity index (χ0v) is 9.12. The first kappa shape index (κ1) is 10.5. The van der Waals surface area contributed by atoms with Crippen LogP contribution in [0.15, 0.2) is 6.33 Å². The van der Waals surface area contributed by atoms with Crippen molar-refractivity contribution in [3.63, 3.8) is 0 Å². The number of halogens is 1. The molecule has 0 aromatic carbocycles. The van der Waals surface area contributed by atoms with Gasteiger partial charge >= 0.3 is 0 Å². The van der Waals surface area contributed by atoms with Gasteiger partial charge < -0.3 is 0 Å². The molecule has 0 aliphatic rings. The Labute approximate surface area is 84.1 Å². The molecule has 3 nitrogen and oxygen atoms in total. The highest BCUT2D eigenvalue weighted by atomic mass is 35.5. The van der Waals surface area contributed by atoms with Crippen molar-refractivity contribution in [2.45, 2.75) is 33.2 Å². The van der Waals surface area contributed by atoms with Gasteiger partial charge in [-0.3, -0.25) is 0 Å². The Kier molecular flexibility index (Phi) is 3.72. The summed E-state index contributed by atoms with van der Waals surface area (Å²) in [5.74, 6) is 2.16. The number of rotatable bonds is 4. The fourth-order valence-electron chi connectivity index (χ4n) is 1.22. The van der Waals surface area contributed by atoms with Crippen molar-refractivity contribution in [1.82, 2.24) is 14.8 Å². The molecule has 0 bridgehead atoms. The fraction of sp³-hybridized carbons (Fsp3) is 0.778. The second-order valence-corrected chi connectivity index (χ2v) is 3.99. The highest BCUT2D eigenvalue weighted by Crippen LogP contribution is 2.11. The van der Waals surface area contributed by atoms with Crippen LogP contribution >= 0.6 is 11.6 Å². The maximum absolute atomic E-state index is 5.74. The molecule has 0 amide bonds. The van der Waals surface area contributed by atoms with Crippen LogP contribution in [0.4, 0.5) is 0 Å². The standard InChI is InChI=1S/C9H16ClN3/c1-7(2)13-9(11-6-12-13)4-8(3)5-10/h6-8H,4-5H2,1-3H3. The Morgan fingerprint density at radius 1 is 1.46 bits per heavy atom. The fourth-order valence-corrected chi connectivity index (χ4v) is 1.33. The molecular weight excluding hydrogens is 186 g/mol. The van der Waals surface area contributed by atoms with Crippen molar-refractivity contribution in [2.75, 3.05) is 5.88 Å². The predicted molar refractivity (Wildman–Crippen MR) is 54.0 cm³/mol. The van der Waals surface area contributed by atoms with Crippen LogP contribution in [0.3, 0.4) is 0 Å². The van der Waals surface area contributed by atoms with E-state index in [0.717, 1.165) is 12.2 Å². The highest BCUT2D eigenvalue weighted by Gasteiger charge is 2.10. The molecule has 4 heteroatoms. The van der Waals surface area contributed by atoms with E-state index in [1.807, 2.05) is 4.68 Å². The van der Waals surface area contributed by atoms with Crippen LogP contribution in [-0.2, 0) is 6.42 Å². The van der Waals surface area contributed by atoms with Crippen molar-refractivity contribution in [2.24, 2.45) is 5.92 Å². The van der Waals surface area contributed by atoms with Gasteiger partial charge in [-0.15, -0.1) is 11.6 Å². The number of nitrogens with zero attached hydrogens (tertiary/aromatic N) is 3. The average Bonchev–Trinajstić information content (AvgIpc) is 2.52. The lowest BCUT2D eigenvalue weighted by molar-refractivity contribution is 0.484. The molecule has 13 heavy (non-hydrogen) atoms. The predicted octanol–water partition coefficient (Wildman–Crippen LogP) is 2.28. The Balaban J connectivity index is 2.70. The largest absolute Gasteiger partial charge is 0.248 e. The first-order chi connectivity index (χ1) is 6.15. The molecule has 0 aliphatic heterocycles. The summed E-state index contributed by atoms with van der Waals surface area (Å²) in [5.41, 5.74) is 0. The van der Waals surface area contributed by atoms with Crippen molar-refractivity contribution < 1.29 is 0 Å². The molecule has 0 radical (unpaired) electrons. The summed E-state index contributed by atoms with van der Waals surface area (Å²) in [6.07, 6.45) is 2.51. The molecule has 1 aromatic rings. The number of hydrogen-bond donors (Lipinski definition) is 0. The lowest BCUT2D eigenvalue weighted by Gasteiger charge is -2.11.